The molecule has 2 aliphatic heterocycles. The van der Waals surface area contributed by atoms with Crippen molar-refractivity contribution in [3.05, 3.63) is 75.5 Å². The van der Waals surface area contributed by atoms with Crippen molar-refractivity contribution >= 4 is 44.1 Å². The van der Waals surface area contributed by atoms with E-state index in [4.69, 9.17) is 5.11 Å². The molecule has 6 rings (SSSR count). The lowest BCUT2D eigenvalue weighted by Crippen LogP contribution is -2.32. The summed E-state index contributed by atoms with van der Waals surface area (Å²) in [6.45, 7) is 0.776. The van der Waals surface area contributed by atoms with Crippen molar-refractivity contribution in [2.45, 2.75) is 102 Å². The van der Waals surface area contributed by atoms with Gasteiger partial charge >= 0.3 is 5.97 Å². The van der Waals surface area contributed by atoms with Gasteiger partial charge < -0.3 is 24.5 Å². The minimum Gasteiger partial charge on any atom is -0.481 e. The van der Waals surface area contributed by atoms with Gasteiger partial charge in [-0.05, 0) is 42.5 Å². The summed E-state index contributed by atoms with van der Waals surface area (Å²) in [4.78, 5) is 48.6. The number of carboxylic acid groups (broad SMARTS) is 1. The number of fused-ring (bicyclic) bond motifs is 3. The number of aliphatic carboxylic acids is 1. The van der Waals surface area contributed by atoms with Crippen molar-refractivity contribution in [1.82, 2.24) is 19.4 Å². The number of halogens is 2. The van der Waals surface area contributed by atoms with E-state index < -0.39 is 32.7 Å². The number of sulfone groups is 1. The maximum atomic E-state index is 15.5. The van der Waals surface area contributed by atoms with Gasteiger partial charge in [-0.1, -0.05) is 64.2 Å². The highest BCUT2D eigenvalue weighted by Crippen LogP contribution is 2.47. The van der Waals surface area contributed by atoms with Crippen LogP contribution in [0, 0.1) is 11.6 Å². The van der Waals surface area contributed by atoms with Gasteiger partial charge in [0.15, 0.2) is 21.5 Å². The van der Waals surface area contributed by atoms with Crippen molar-refractivity contribution in [1.29, 1.82) is 0 Å². The number of carbonyl (C=O) groups is 2. The number of nitrogens with zero attached hydrogens (tertiary/aromatic N) is 4. The van der Waals surface area contributed by atoms with Crippen LogP contribution in [0.15, 0.2) is 41.6 Å². The van der Waals surface area contributed by atoms with Gasteiger partial charge in [-0.3, -0.25) is 14.4 Å². The van der Waals surface area contributed by atoms with Gasteiger partial charge in [0.25, 0.3) is 11.5 Å². The van der Waals surface area contributed by atoms with E-state index in [1.807, 2.05) is 0 Å². The molecular weight excluding hydrogens is 717 g/mol. The Labute approximate surface area is 314 Å². The van der Waals surface area contributed by atoms with Crippen molar-refractivity contribution in [3.63, 3.8) is 0 Å². The summed E-state index contributed by atoms with van der Waals surface area (Å²) in [6.07, 6.45) is 18.3. The van der Waals surface area contributed by atoms with Crippen molar-refractivity contribution in [2.75, 3.05) is 24.2 Å². The van der Waals surface area contributed by atoms with Crippen molar-refractivity contribution < 1.29 is 31.9 Å². The smallest absolute Gasteiger partial charge is 0.303 e. The van der Waals surface area contributed by atoms with Gasteiger partial charge in [-0.25, -0.2) is 22.2 Å². The van der Waals surface area contributed by atoms with Gasteiger partial charge in [-0.2, -0.15) is 0 Å². The number of anilines is 2. The molecule has 2 aliphatic rings. The highest BCUT2D eigenvalue weighted by Gasteiger charge is 2.37. The van der Waals surface area contributed by atoms with Gasteiger partial charge in [0, 0.05) is 73.4 Å². The Morgan fingerprint density at radius 1 is 0.926 bits per heavy atom. The first-order valence-corrected chi connectivity index (χ1v) is 21.0. The lowest BCUT2D eigenvalue weighted by Gasteiger charge is -2.27. The number of benzene rings is 1. The number of pyridine rings is 2. The number of H-pyrrole nitrogens is 1. The van der Waals surface area contributed by atoms with Gasteiger partial charge in [0.2, 0.25) is 0 Å². The minimum atomic E-state index is -3.68. The predicted molar refractivity (Wildman–Crippen MR) is 205 cm³/mol. The number of aromatic amines is 1. The fourth-order valence-electron chi connectivity index (χ4n) is 8.01. The first kappa shape index (κ1) is 39.1. The molecule has 0 spiro atoms. The van der Waals surface area contributed by atoms with Crippen LogP contribution < -0.4 is 10.5 Å². The van der Waals surface area contributed by atoms with Gasteiger partial charge in [0.05, 0.1) is 23.7 Å². The van der Waals surface area contributed by atoms with E-state index in [9.17, 15) is 27.2 Å². The number of carboxylic acids is 1. The molecule has 2 N–H and O–H groups in total. The maximum Gasteiger partial charge on any atom is 0.303 e. The van der Waals surface area contributed by atoms with E-state index >= 15 is 4.39 Å². The van der Waals surface area contributed by atoms with Crippen LogP contribution in [0.4, 0.5) is 20.3 Å². The number of hydrogen-bond donors (Lipinski definition) is 2. The third-order valence-electron chi connectivity index (χ3n) is 10.8. The predicted octanol–water partition coefficient (Wildman–Crippen LogP) is 7.95. The second-order valence-corrected chi connectivity index (χ2v) is 17.0. The monoisotopic (exact) mass is 765 g/mol. The highest BCUT2D eigenvalue weighted by molar-refractivity contribution is 7.90. The molecule has 0 radical (unpaired) electrons. The Balaban J connectivity index is 1.21. The molecule has 0 bridgehead atoms. The highest BCUT2D eigenvalue weighted by atomic mass is 32.2. The first-order chi connectivity index (χ1) is 25.8. The van der Waals surface area contributed by atoms with Crippen LogP contribution >= 0.6 is 0 Å². The lowest BCUT2D eigenvalue weighted by molar-refractivity contribution is -0.137. The molecule has 0 saturated heterocycles. The zero-order valence-electron chi connectivity index (χ0n) is 31.0. The molecule has 0 saturated carbocycles. The fraction of sp³-hybridized carbons (Fsp3) is 0.500. The standard InChI is InChI=1S/C40H49F2N5O6S/c1-45-25-31-28-20-29-30(21-33(28)47(38-32(42)19-27(41)23-44-38)24-26-22-43-37(36(26)31)40(45)51)39(50)46(18-16-34(29)54(2,52)53)17-14-12-10-8-6-4-3-5-7-9-11-13-15-35(48)49/h19-23,25,34,43H,3-18,24H2,1-2H3,(H,48,49). The number of amides is 1. The normalized spacial score (nSPS) is 15.6. The summed E-state index contributed by atoms with van der Waals surface area (Å²) in [5, 5.41) is 8.37. The molecule has 3 aromatic heterocycles. The molecular formula is C40H49F2N5O6S. The molecule has 54 heavy (non-hydrogen) atoms. The van der Waals surface area contributed by atoms with E-state index in [2.05, 4.69) is 9.97 Å². The summed E-state index contributed by atoms with van der Waals surface area (Å²) in [5.74, 6) is -2.95. The minimum absolute atomic E-state index is 0.0452. The largest absolute Gasteiger partial charge is 0.481 e. The molecule has 14 heteroatoms. The van der Waals surface area contributed by atoms with E-state index in [1.54, 1.807) is 41.4 Å². The number of rotatable bonds is 17. The number of unbranched alkanes of at least 4 members (excludes halogenated alkanes) is 11. The average molecular weight is 766 g/mol. The van der Waals surface area contributed by atoms with E-state index in [0.29, 0.717) is 45.4 Å². The second-order valence-electron chi connectivity index (χ2n) is 14.8. The zero-order valence-corrected chi connectivity index (χ0v) is 31.8. The number of aryl methyl sites for hydroxylation is 1. The van der Waals surface area contributed by atoms with Crippen LogP contribution in [-0.4, -0.2) is 64.2 Å². The van der Waals surface area contributed by atoms with Gasteiger partial charge in [0.1, 0.15) is 11.3 Å². The van der Waals surface area contributed by atoms with Crippen molar-refractivity contribution in [3.8, 4) is 11.1 Å². The Kier molecular flexibility index (Phi) is 12.2. The molecule has 1 unspecified atom stereocenters. The average Bonchev–Trinajstić information content (AvgIpc) is 3.42. The zero-order chi connectivity index (χ0) is 38.6. The Hall–Kier alpha value is -4.59. The SMILES string of the molecule is Cn1cc2c3c(c[nH]c3c1=O)CN(c1ncc(F)cc1F)c1cc3c(cc1-2)C(S(C)(=O)=O)CCN(CCCCCCCCCCCCCCC(=O)O)C3=O. The number of hydrogen-bond acceptors (Lipinski definition) is 7. The number of carbonyl (C=O) groups excluding carboxylic acids is 1. The molecule has 0 aliphatic carbocycles. The third-order valence-corrected chi connectivity index (χ3v) is 12.3. The fourth-order valence-corrected chi connectivity index (χ4v) is 9.20. The summed E-state index contributed by atoms with van der Waals surface area (Å²) >= 11 is 0. The number of aromatic nitrogens is 3. The summed E-state index contributed by atoms with van der Waals surface area (Å²) in [7, 11) is -2.06. The topological polar surface area (TPSA) is 146 Å². The quantitative estimate of drug-likeness (QED) is 0.103. The van der Waals surface area contributed by atoms with Crippen LogP contribution in [0.2, 0.25) is 0 Å². The Morgan fingerprint density at radius 2 is 1.57 bits per heavy atom. The van der Waals surface area contributed by atoms with Crippen LogP contribution in [0.5, 0.6) is 0 Å². The molecule has 1 amide bonds. The Morgan fingerprint density at radius 3 is 2.20 bits per heavy atom. The van der Waals surface area contributed by atoms with Crippen LogP contribution in [0.25, 0.3) is 22.0 Å². The van der Waals surface area contributed by atoms with E-state index in [0.717, 1.165) is 76.5 Å². The third kappa shape index (κ3) is 8.53. The number of nitrogens with one attached hydrogen (secondary N) is 1. The van der Waals surface area contributed by atoms with Gasteiger partial charge in [-0.15, -0.1) is 0 Å². The van der Waals surface area contributed by atoms with Crippen molar-refractivity contribution in [2.24, 2.45) is 7.05 Å². The Bertz CT molecular complexity index is 2200. The van der Waals surface area contributed by atoms with E-state index in [1.165, 1.54) is 23.7 Å². The lowest BCUT2D eigenvalue weighted by atomic mass is 9.93. The molecule has 11 nitrogen and oxygen atoms in total. The summed E-state index contributed by atoms with van der Waals surface area (Å²) in [5.41, 5.74) is 2.81. The van der Waals surface area contributed by atoms with Crippen LogP contribution in [0.3, 0.4) is 0 Å². The summed E-state index contributed by atoms with van der Waals surface area (Å²) < 4.78 is 57.7. The molecule has 5 heterocycles. The van der Waals surface area contributed by atoms with Crippen LogP contribution in [-0.2, 0) is 28.2 Å². The molecule has 1 atom stereocenters. The second kappa shape index (κ2) is 16.8. The molecule has 4 aromatic rings. The summed E-state index contributed by atoms with van der Waals surface area (Å²) in [6, 6.07) is 4.07. The maximum absolute atomic E-state index is 15.5. The molecule has 1 aromatic carbocycles. The molecule has 0 fully saturated rings. The first-order valence-electron chi connectivity index (χ1n) is 19.0. The van der Waals surface area contributed by atoms with Crippen LogP contribution in [0.1, 0.15) is 117 Å². The molecule has 290 valence electrons. The van der Waals surface area contributed by atoms with E-state index in [-0.39, 0.29) is 48.8 Å².